The molecule has 3 heterocycles. The summed E-state index contributed by atoms with van der Waals surface area (Å²) in [4.78, 5) is 9.06. The van der Waals surface area contributed by atoms with Crippen molar-refractivity contribution in [2.24, 2.45) is 0 Å². The summed E-state index contributed by atoms with van der Waals surface area (Å²) in [6.07, 6.45) is 4.73. The maximum absolute atomic E-state index is 14.0. The molecule has 0 amide bonds. The summed E-state index contributed by atoms with van der Waals surface area (Å²) in [5, 5.41) is 0.650. The van der Waals surface area contributed by atoms with Crippen LogP contribution in [-0.4, -0.2) is 14.5 Å². The van der Waals surface area contributed by atoms with E-state index in [2.05, 4.69) is 58.3 Å². The Morgan fingerprint density at radius 2 is 1.45 bits per heavy atom. The van der Waals surface area contributed by atoms with Gasteiger partial charge in [0.05, 0.1) is 16.9 Å². The molecule has 0 saturated carbocycles. The molecule has 5 aromatic carbocycles. The Labute approximate surface area is 267 Å². The number of furan rings is 1. The van der Waals surface area contributed by atoms with Crippen molar-refractivity contribution in [2.75, 3.05) is 0 Å². The zero-order chi connectivity index (χ0) is 29.0. The third-order valence-corrected chi connectivity index (χ3v) is 7.14. The zero-order valence-electron chi connectivity index (χ0n) is 23.3. The second-order valence-electron chi connectivity index (χ2n) is 9.88. The van der Waals surface area contributed by atoms with Crippen LogP contribution in [-0.2, 0) is 20.1 Å². The van der Waals surface area contributed by atoms with E-state index in [-0.39, 0.29) is 25.9 Å². The van der Waals surface area contributed by atoms with Gasteiger partial charge in [0.2, 0.25) is 0 Å². The first-order valence-corrected chi connectivity index (χ1v) is 13.9. The maximum Gasteiger partial charge on any atom is 0.113 e. The monoisotopic (exact) mass is 750 g/mol. The molecule has 8 rings (SSSR count). The molecule has 0 aliphatic rings. The van der Waals surface area contributed by atoms with Crippen molar-refractivity contribution in [3.8, 4) is 39.5 Å². The smallest absolute Gasteiger partial charge is 0.113 e. The standard InChI is InChI=1S/C27H16FN2O.C11H8N.Ir/c28-20-12-15-26-22(16-20)23(17-31-26)27-29-24-8-4-5-9-25(24)30(27)21-13-10-19(11-14-21)18-6-2-1-3-7-18;1-2-6-10(7-3-1)11-8-4-5-9-12-11;/h1-16H;1-6,8-9H;/q2*-1;. The number of imidazole rings is 1. The van der Waals surface area contributed by atoms with Crippen LogP contribution in [0, 0.1) is 18.1 Å². The van der Waals surface area contributed by atoms with E-state index in [0.717, 1.165) is 39.1 Å². The Morgan fingerprint density at radius 3 is 2.23 bits per heavy atom. The quantitative estimate of drug-likeness (QED) is 0.169. The average molecular weight is 750 g/mol. The summed E-state index contributed by atoms with van der Waals surface area (Å²) in [7, 11) is 0. The topological polar surface area (TPSA) is 43.9 Å². The Balaban J connectivity index is 0.000000222. The molecule has 4 nitrogen and oxygen atoms in total. The summed E-state index contributed by atoms with van der Waals surface area (Å²) in [6.45, 7) is 0. The molecule has 0 bridgehead atoms. The van der Waals surface area contributed by atoms with Crippen LogP contribution in [0.1, 0.15) is 0 Å². The van der Waals surface area contributed by atoms with E-state index in [0.29, 0.717) is 22.4 Å². The minimum atomic E-state index is -0.321. The molecule has 0 fully saturated rings. The van der Waals surface area contributed by atoms with Gasteiger partial charge in [-0.15, -0.1) is 35.9 Å². The minimum absolute atomic E-state index is 0. The van der Waals surface area contributed by atoms with Crippen LogP contribution in [0.25, 0.3) is 61.5 Å². The molecular weight excluding hydrogens is 726 g/mol. The van der Waals surface area contributed by atoms with Gasteiger partial charge < -0.3 is 14.0 Å². The van der Waals surface area contributed by atoms with Crippen molar-refractivity contribution in [3.05, 3.63) is 164 Å². The van der Waals surface area contributed by atoms with Crippen molar-refractivity contribution in [3.63, 3.8) is 0 Å². The molecule has 0 spiro atoms. The first kappa shape index (κ1) is 28.9. The number of benzene rings is 5. The van der Waals surface area contributed by atoms with Crippen LogP contribution >= 0.6 is 0 Å². The number of para-hydroxylation sites is 2. The van der Waals surface area contributed by atoms with Crippen molar-refractivity contribution in [1.29, 1.82) is 0 Å². The molecule has 0 atom stereocenters. The van der Waals surface area contributed by atoms with Crippen LogP contribution in [0.2, 0.25) is 0 Å². The van der Waals surface area contributed by atoms with Gasteiger partial charge >= 0.3 is 0 Å². The number of rotatable bonds is 4. The van der Waals surface area contributed by atoms with Crippen LogP contribution < -0.4 is 0 Å². The van der Waals surface area contributed by atoms with Gasteiger partial charge in [-0.2, -0.15) is 0 Å². The fraction of sp³-hybridized carbons (Fsp3) is 0. The van der Waals surface area contributed by atoms with Gasteiger partial charge in [0.1, 0.15) is 5.82 Å². The van der Waals surface area contributed by atoms with E-state index in [1.807, 2.05) is 84.9 Å². The molecule has 3 aromatic heterocycles. The SMILES string of the molecule is Fc1ccc2o[c-]c(-c3nc4ccccc4n3-c3ccc(-c4ccccc4)cc3)c2c1.[Ir].[c-]1ccccc1-c1ccccn1. The van der Waals surface area contributed by atoms with Gasteiger partial charge in [-0.3, -0.25) is 4.98 Å². The van der Waals surface area contributed by atoms with E-state index >= 15 is 0 Å². The molecule has 0 aliphatic carbocycles. The molecule has 215 valence electrons. The van der Waals surface area contributed by atoms with Crippen LogP contribution in [0.5, 0.6) is 0 Å². The summed E-state index contributed by atoms with van der Waals surface area (Å²) in [5.74, 6) is 0.344. The molecule has 0 N–H and O–H groups in total. The molecule has 0 saturated heterocycles. The number of pyridine rings is 1. The Bertz CT molecular complexity index is 2090. The number of halogens is 1. The normalized spacial score (nSPS) is 10.7. The van der Waals surface area contributed by atoms with E-state index < -0.39 is 0 Å². The van der Waals surface area contributed by atoms with Crippen molar-refractivity contribution in [1.82, 2.24) is 14.5 Å². The summed E-state index contributed by atoms with van der Waals surface area (Å²) < 4.78 is 21.6. The van der Waals surface area contributed by atoms with Gasteiger partial charge in [-0.05, 0) is 53.2 Å². The molecule has 8 aromatic rings. The number of aromatic nitrogens is 3. The zero-order valence-corrected chi connectivity index (χ0v) is 25.7. The third kappa shape index (κ3) is 5.86. The number of hydrogen-bond acceptors (Lipinski definition) is 3. The first-order valence-electron chi connectivity index (χ1n) is 13.9. The predicted molar refractivity (Wildman–Crippen MR) is 169 cm³/mol. The second-order valence-corrected chi connectivity index (χ2v) is 9.88. The van der Waals surface area contributed by atoms with E-state index in [1.54, 1.807) is 12.3 Å². The molecule has 0 unspecified atom stereocenters. The molecule has 0 aliphatic heterocycles. The Kier molecular flexibility index (Phi) is 8.55. The van der Waals surface area contributed by atoms with Gasteiger partial charge in [-0.1, -0.05) is 89.8 Å². The van der Waals surface area contributed by atoms with Gasteiger partial charge in [0.25, 0.3) is 0 Å². The summed E-state index contributed by atoms with van der Waals surface area (Å²) >= 11 is 0. The van der Waals surface area contributed by atoms with Gasteiger partial charge in [-0.25, -0.2) is 4.39 Å². The summed E-state index contributed by atoms with van der Waals surface area (Å²) in [6, 6.07) is 47.8. The Hall–Kier alpha value is -5.16. The third-order valence-electron chi connectivity index (χ3n) is 7.14. The molecular formula is C38H24FIrN3O-2. The fourth-order valence-corrected chi connectivity index (χ4v) is 5.08. The summed E-state index contributed by atoms with van der Waals surface area (Å²) in [5.41, 5.74) is 8.30. The van der Waals surface area contributed by atoms with Crippen LogP contribution in [0.4, 0.5) is 4.39 Å². The Morgan fingerprint density at radius 1 is 0.705 bits per heavy atom. The van der Waals surface area contributed by atoms with Gasteiger partial charge in [0, 0.05) is 43.8 Å². The minimum Gasteiger partial charge on any atom is -0.557 e. The molecule has 6 heteroatoms. The number of hydrogen-bond donors (Lipinski definition) is 0. The first-order chi connectivity index (χ1) is 21.2. The van der Waals surface area contributed by atoms with E-state index in [1.165, 1.54) is 12.1 Å². The van der Waals surface area contributed by atoms with Gasteiger partial charge in [0.15, 0.2) is 0 Å². The van der Waals surface area contributed by atoms with Crippen molar-refractivity contribution >= 4 is 22.0 Å². The largest absolute Gasteiger partial charge is 0.557 e. The fourth-order valence-electron chi connectivity index (χ4n) is 5.08. The average Bonchev–Trinajstić information content (AvgIpc) is 3.67. The molecule has 1 radical (unpaired) electrons. The van der Waals surface area contributed by atoms with E-state index in [4.69, 9.17) is 9.40 Å². The van der Waals surface area contributed by atoms with Crippen molar-refractivity contribution in [2.45, 2.75) is 0 Å². The second kappa shape index (κ2) is 13.0. The van der Waals surface area contributed by atoms with Crippen LogP contribution in [0.3, 0.4) is 0 Å². The molecule has 44 heavy (non-hydrogen) atoms. The van der Waals surface area contributed by atoms with E-state index in [9.17, 15) is 4.39 Å². The predicted octanol–water partition coefficient (Wildman–Crippen LogP) is 9.59. The van der Waals surface area contributed by atoms with Crippen molar-refractivity contribution < 1.29 is 28.9 Å². The number of fused-ring (bicyclic) bond motifs is 2. The number of nitrogens with zero attached hydrogens (tertiary/aromatic N) is 3. The maximum atomic E-state index is 14.0. The van der Waals surface area contributed by atoms with Crippen LogP contribution in [0.15, 0.2) is 150 Å².